The third-order valence-electron chi connectivity index (χ3n) is 4.63. The van der Waals surface area contributed by atoms with Crippen LogP contribution >= 0.6 is 0 Å². The number of fused-ring (bicyclic) bond motifs is 1. The Morgan fingerprint density at radius 2 is 1.69 bits per heavy atom. The molecule has 29 heavy (non-hydrogen) atoms. The number of benzene rings is 3. The summed E-state index contributed by atoms with van der Waals surface area (Å²) in [5.41, 5.74) is 3.44. The van der Waals surface area contributed by atoms with E-state index in [-0.39, 0.29) is 12.0 Å². The second-order valence-electron chi connectivity index (χ2n) is 6.69. The molecular weight excluding hydrogens is 369 g/mol. The molecule has 144 valence electrons. The van der Waals surface area contributed by atoms with E-state index in [4.69, 9.17) is 9.84 Å². The fourth-order valence-electron chi connectivity index (χ4n) is 3.12. The van der Waals surface area contributed by atoms with Gasteiger partial charge in [-0.25, -0.2) is 9.37 Å². The van der Waals surface area contributed by atoms with Crippen molar-refractivity contribution in [1.82, 2.24) is 4.98 Å². The van der Waals surface area contributed by atoms with Gasteiger partial charge < -0.3 is 9.84 Å². The number of hydrogen-bond donors (Lipinski definition) is 1. The molecule has 0 fully saturated rings. The number of hydrogen-bond acceptors (Lipinski definition) is 3. The summed E-state index contributed by atoms with van der Waals surface area (Å²) in [6.45, 7) is 0.350. The van der Waals surface area contributed by atoms with Crippen molar-refractivity contribution in [2.45, 2.75) is 13.0 Å². The zero-order chi connectivity index (χ0) is 20.2. The smallest absolute Gasteiger partial charge is 0.307 e. The van der Waals surface area contributed by atoms with Gasteiger partial charge in [-0.3, -0.25) is 4.79 Å². The van der Waals surface area contributed by atoms with Crippen molar-refractivity contribution in [3.05, 3.63) is 95.9 Å². The quantitative estimate of drug-likeness (QED) is 0.491. The Morgan fingerprint density at radius 3 is 2.45 bits per heavy atom. The monoisotopic (exact) mass is 387 g/mol. The molecule has 0 spiro atoms. The number of carboxylic acids is 1. The summed E-state index contributed by atoms with van der Waals surface area (Å²) in [5.74, 6) is -0.890. The molecule has 0 aliphatic rings. The van der Waals surface area contributed by atoms with Crippen LogP contribution in [-0.2, 0) is 17.8 Å². The Kier molecular flexibility index (Phi) is 5.20. The van der Waals surface area contributed by atoms with E-state index in [1.807, 2.05) is 60.7 Å². The molecule has 1 aromatic heterocycles. The van der Waals surface area contributed by atoms with Gasteiger partial charge in [-0.2, -0.15) is 0 Å². The number of aromatic nitrogens is 1. The zero-order valence-corrected chi connectivity index (χ0v) is 15.5. The number of carboxylic acid groups (broad SMARTS) is 1. The molecule has 0 saturated carbocycles. The van der Waals surface area contributed by atoms with Crippen LogP contribution < -0.4 is 4.74 Å². The minimum absolute atomic E-state index is 0.170. The molecule has 1 heterocycles. The van der Waals surface area contributed by atoms with Crippen molar-refractivity contribution in [2.24, 2.45) is 0 Å². The standard InChI is InChI=1S/C24H18FNO3/c25-22-13-18(5-6-19(22)14-24(27)28)16-8-11-21(12-9-16)29-15-20-10-7-17-3-1-2-4-23(17)26-20/h1-13H,14-15H2,(H,27,28). The maximum Gasteiger partial charge on any atom is 0.307 e. The van der Waals surface area contributed by atoms with E-state index in [2.05, 4.69) is 4.98 Å². The molecule has 4 rings (SSSR count). The number of rotatable bonds is 6. The number of carbonyl (C=O) groups is 1. The van der Waals surface area contributed by atoms with Crippen molar-refractivity contribution >= 4 is 16.9 Å². The molecule has 5 heteroatoms. The van der Waals surface area contributed by atoms with Gasteiger partial charge in [-0.15, -0.1) is 0 Å². The van der Waals surface area contributed by atoms with Gasteiger partial charge in [0.15, 0.2) is 0 Å². The summed E-state index contributed by atoms with van der Waals surface area (Å²) in [6.07, 6.45) is -0.332. The molecule has 0 atom stereocenters. The molecule has 1 N–H and O–H groups in total. The number of ether oxygens (including phenoxy) is 1. The van der Waals surface area contributed by atoms with E-state index in [0.29, 0.717) is 17.9 Å². The van der Waals surface area contributed by atoms with E-state index >= 15 is 0 Å². The Labute approximate surface area is 167 Å². The van der Waals surface area contributed by atoms with Gasteiger partial charge in [-0.05, 0) is 47.0 Å². The van der Waals surface area contributed by atoms with E-state index in [0.717, 1.165) is 22.2 Å². The summed E-state index contributed by atoms with van der Waals surface area (Å²) in [7, 11) is 0. The third kappa shape index (κ3) is 4.41. The third-order valence-corrected chi connectivity index (χ3v) is 4.63. The van der Waals surface area contributed by atoms with Gasteiger partial charge >= 0.3 is 5.97 Å². The van der Waals surface area contributed by atoms with Crippen LogP contribution in [0, 0.1) is 5.82 Å². The van der Waals surface area contributed by atoms with Crippen LogP contribution in [0.2, 0.25) is 0 Å². The molecule has 0 radical (unpaired) electrons. The molecule has 0 saturated heterocycles. The minimum atomic E-state index is -1.06. The highest BCUT2D eigenvalue weighted by molar-refractivity contribution is 5.78. The fraction of sp³-hybridized carbons (Fsp3) is 0.0833. The van der Waals surface area contributed by atoms with E-state index in [1.165, 1.54) is 12.1 Å². The summed E-state index contributed by atoms with van der Waals surface area (Å²) < 4.78 is 19.9. The second-order valence-corrected chi connectivity index (χ2v) is 6.69. The lowest BCUT2D eigenvalue weighted by Crippen LogP contribution is -2.02. The predicted molar refractivity (Wildman–Crippen MR) is 109 cm³/mol. The summed E-state index contributed by atoms with van der Waals surface area (Å²) in [5, 5.41) is 9.89. The summed E-state index contributed by atoms with van der Waals surface area (Å²) in [4.78, 5) is 15.3. The lowest BCUT2D eigenvalue weighted by atomic mass is 10.0. The minimum Gasteiger partial charge on any atom is -0.487 e. The topological polar surface area (TPSA) is 59.4 Å². The van der Waals surface area contributed by atoms with E-state index in [9.17, 15) is 9.18 Å². The molecular formula is C24H18FNO3. The predicted octanol–water partition coefficient (Wildman–Crippen LogP) is 5.25. The highest BCUT2D eigenvalue weighted by atomic mass is 19.1. The lowest BCUT2D eigenvalue weighted by Gasteiger charge is -2.09. The number of pyridine rings is 1. The largest absolute Gasteiger partial charge is 0.487 e. The molecule has 0 bridgehead atoms. The molecule has 4 nitrogen and oxygen atoms in total. The first kappa shape index (κ1) is 18.6. The summed E-state index contributed by atoms with van der Waals surface area (Å²) >= 11 is 0. The number of nitrogens with zero attached hydrogens (tertiary/aromatic N) is 1. The molecule has 4 aromatic rings. The Bertz CT molecular complexity index is 1170. The SMILES string of the molecule is O=C(O)Cc1ccc(-c2ccc(OCc3ccc4ccccc4n3)cc2)cc1F. The lowest BCUT2D eigenvalue weighted by molar-refractivity contribution is -0.136. The van der Waals surface area contributed by atoms with Crippen molar-refractivity contribution in [2.75, 3.05) is 0 Å². The van der Waals surface area contributed by atoms with Crippen molar-refractivity contribution in [3.63, 3.8) is 0 Å². The van der Waals surface area contributed by atoms with E-state index in [1.54, 1.807) is 6.07 Å². The van der Waals surface area contributed by atoms with Crippen LogP contribution in [0.15, 0.2) is 78.9 Å². The average molecular weight is 387 g/mol. The molecule has 0 amide bonds. The maximum atomic E-state index is 14.1. The van der Waals surface area contributed by atoms with Gasteiger partial charge in [-0.1, -0.05) is 48.5 Å². The number of halogens is 1. The van der Waals surface area contributed by atoms with Crippen LogP contribution in [-0.4, -0.2) is 16.1 Å². The first-order valence-electron chi connectivity index (χ1n) is 9.16. The first-order chi connectivity index (χ1) is 14.1. The first-order valence-corrected chi connectivity index (χ1v) is 9.16. The fourth-order valence-corrected chi connectivity index (χ4v) is 3.12. The Balaban J connectivity index is 1.44. The zero-order valence-electron chi connectivity index (χ0n) is 15.5. The van der Waals surface area contributed by atoms with Gasteiger partial charge in [0.1, 0.15) is 18.2 Å². The number of aliphatic carboxylic acids is 1. The van der Waals surface area contributed by atoms with Crippen LogP contribution in [0.5, 0.6) is 5.75 Å². The van der Waals surface area contributed by atoms with Crippen LogP contribution in [0.25, 0.3) is 22.0 Å². The molecule has 0 aliphatic heterocycles. The van der Waals surface area contributed by atoms with Crippen molar-refractivity contribution in [1.29, 1.82) is 0 Å². The second kappa shape index (κ2) is 8.10. The van der Waals surface area contributed by atoms with Gasteiger partial charge in [0, 0.05) is 5.39 Å². The highest BCUT2D eigenvalue weighted by Crippen LogP contribution is 2.25. The molecule has 0 aliphatic carbocycles. The summed E-state index contributed by atoms with van der Waals surface area (Å²) in [6, 6.07) is 23.8. The maximum absolute atomic E-state index is 14.1. The number of para-hydroxylation sites is 1. The Morgan fingerprint density at radius 1 is 0.931 bits per heavy atom. The Hall–Kier alpha value is -3.73. The van der Waals surface area contributed by atoms with E-state index < -0.39 is 11.8 Å². The van der Waals surface area contributed by atoms with Gasteiger partial charge in [0.05, 0.1) is 17.6 Å². The van der Waals surface area contributed by atoms with Crippen LogP contribution in [0.4, 0.5) is 4.39 Å². The highest BCUT2D eigenvalue weighted by Gasteiger charge is 2.09. The van der Waals surface area contributed by atoms with Gasteiger partial charge in [0.2, 0.25) is 0 Å². The van der Waals surface area contributed by atoms with Crippen LogP contribution in [0.1, 0.15) is 11.3 Å². The molecule has 3 aromatic carbocycles. The van der Waals surface area contributed by atoms with Crippen molar-refractivity contribution in [3.8, 4) is 16.9 Å². The van der Waals surface area contributed by atoms with Crippen molar-refractivity contribution < 1.29 is 19.0 Å². The van der Waals surface area contributed by atoms with Crippen LogP contribution in [0.3, 0.4) is 0 Å². The van der Waals surface area contributed by atoms with Gasteiger partial charge in [0.25, 0.3) is 0 Å². The normalized spacial score (nSPS) is 10.8. The molecule has 0 unspecified atom stereocenters. The average Bonchev–Trinajstić information content (AvgIpc) is 2.74.